The summed E-state index contributed by atoms with van der Waals surface area (Å²) < 4.78 is 35.4. The van der Waals surface area contributed by atoms with Gasteiger partial charge in [0.2, 0.25) is 6.10 Å². The molecular weight excluding hydrogens is 423 g/mol. The summed E-state index contributed by atoms with van der Waals surface area (Å²) >= 11 is 0. The second kappa shape index (κ2) is 11.4. The molecule has 33 heavy (non-hydrogen) atoms. The van der Waals surface area contributed by atoms with Crippen molar-refractivity contribution in [2.24, 2.45) is 0 Å². The zero-order valence-electron chi connectivity index (χ0n) is 19.3. The van der Waals surface area contributed by atoms with Crippen LogP contribution >= 0.6 is 0 Å². The lowest BCUT2D eigenvalue weighted by Gasteiger charge is -2.19. The third-order valence-electron chi connectivity index (χ3n) is 5.03. The molecule has 3 rings (SSSR count). The molecule has 3 aromatic carbocycles. The molecule has 3 aromatic rings. The van der Waals surface area contributed by atoms with Gasteiger partial charge in [-0.1, -0.05) is 38.1 Å². The SMILES string of the molecule is COC(=O)C(Oc1ccc(C(C)C)cc1)c1ccc(OCC(C)Oc2ccc(F)cc2)cc1. The fraction of sp³-hybridized carbons (Fsp3) is 0.296. The highest BCUT2D eigenvalue weighted by atomic mass is 19.1. The van der Waals surface area contributed by atoms with E-state index in [-0.39, 0.29) is 11.9 Å². The van der Waals surface area contributed by atoms with Crippen LogP contribution < -0.4 is 14.2 Å². The molecule has 2 unspecified atom stereocenters. The fourth-order valence-corrected chi connectivity index (χ4v) is 3.16. The van der Waals surface area contributed by atoms with E-state index in [2.05, 4.69) is 13.8 Å². The Kier molecular flexibility index (Phi) is 8.30. The van der Waals surface area contributed by atoms with Gasteiger partial charge in [-0.15, -0.1) is 0 Å². The Balaban J connectivity index is 1.61. The van der Waals surface area contributed by atoms with Gasteiger partial charge >= 0.3 is 5.97 Å². The molecular formula is C27H29FO5. The first kappa shape index (κ1) is 24.1. The predicted molar refractivity (Wildman–Crippen MR) is 124 cm³/mol. The Bertz CT molecular complexity index is 1010. The van der Waals surface area contributed by atoms with E-state index in [1.54, 1.807) is 36.4 Å². The average molecular weight is 453 g/mol. The maximum Gasteiger partial charge on any atom is 0.351 e. The smallest absolute Gasteiger partial charge is 0.351 e. The largest absolute Gasteiger partial charge is 0.490 e. The topological polar surface area (TPSA) is 54.0 Å². The number of hydrogen-bond donors (Lipinski definition) is 0. The zero-order chi connectivity index (χ0) is 23.8. The van der Waals surface area contributed by atoms with Crippen LogP contribution in [-0.2, 0) is 9.53 Å². The molecule has 2 atom stereocenters. The van der Waals surface area contributed by atoms with Crippen molar-refractivity contribution in [1.82, 2.24) is 0 Å². The van der Waals surface area contributed by atoms with E-state index < -0.39 is 12.1 Å². The summed E-state index contributed by atoms with van der Waals surface area (Å²) in [5.41, 5.74) is 1.84. The van der Waals surface area contributed by atoms with E-state index in [0.29, 0.717) is 35.3 Å². The van der Waals surface area contributed by atoms with Crippen LogP contribution in [0.2, 0.25) is 0 Å². The van der Waals surface area contributed by atoms with Gasteiger partial charge in [-0.3, -0.25) is 0 Å². The van der Waals surface area contributed by atoms with Gasteiger partial charge in [0.1, 0.15) is 35.8 Å². The summed E-state index contributed by atoms with van der Waals surface area (Å²) in [7, 11) is 1.33. The molecule has 0 bridgehead atoms. The number of rotatable bonds is 10. The Morgan fingerprint density at radius 3 is 1.85 bits per heavy atom. The van der Waals surface area contributed by atoms with Crippen molar-refractivity contribution < 1.29 is 28.1 Å². The predicted octanol–water partition coefficient (Wildman–Crippen LogP) is 6.09. The van der Waals surface area contributed by atoms with Crippen molar-refractivity contribution in [2.45, 2.75) is 38.9 Å². The lowest BCUT2D eigenvalue weighted by molar-refractivity contribution is -0.149. The van der Waals surface area contributed by atoms with Crippen molar-refractivity contribution in [1.29, 1.82) is 0 Å². The molecule has 0 heterocycles. The summed E-state index contributed by atoms with van der Waals surface area (Å²) in [6.45, 7) is 6.40. The number of hydrogen-bond acceptors (Lipinski definition) is 5. The molecule has 0 spiro atoms. The van der Waals surface area contributed by atoms with Gasteiger partial charge in [0.15, 0.2) is 0 Å². The fourth-order valence-electron chi connectivity index (χ4n) is 3.16. The molecule has 0 saturated heterocycles. The molecule has 5 nitrogen and oxygen atoms in total. The quantitative estimate of drug-likeness (QED) is 0.349. The highest BCUT2D eigenvalue weighted by Crippen LogP contribution is 2.27. The number of carbonyl (C=O) groups is 1. The first-order valence-corrected chi connectivity index (χ1v) is 10.8. The molecule has 0 aliphatic rings. The van der Waals surface area contributed by atoms with Gasteiger partial charge in [0.05, 0.1) is 7.11 Å². The first-order chi connectivity index (χ1) is 15.9. The van der Waals surface area contributed by atoms with Crippen LogP contribution in [0.3, 0.4) is 0 Å². The third kappa shape index (κ3) is 6.97. The minimum Gasteiger partial charge on any atom is -0.490 e. The van der Waals surface area contributed by atoms with Crippen molar-refractivity contribution in [3.05, 3.63) is 89.7 Å². The van der Waals surface area contributed by atoms with E-state index in [9.17, 15) is 9.18 Å². The average Bonchev–Trinajstić information content (AvgIpc) is 2.83. The van der Waals surface area contributed by atoms with Crippen molar-refractivity contribution >= 4 is 5.97 Å². The Hall–Kier alpha value is -3.54. The molecule has 0 N–H and O–H groups in total. The van der Waals surface area contributed by atoms with Crippen LogP contribution in [0.5, 0.6) is 17.2 Å². The van der Waals surface area contributed by atoms with Crippen LogP contribution in [0, 0.1) is 5.82 Å². The maximum absolute atomic E-state index is 13.0. The van der Waals surface area contributed by atoms with Gasteiger partial charge in [0.25, 0.3) is 0 Å². The van der Waals surface area contributed by atoms with Gasteiger partial charge < -0.3 is 18.9 Å². The lowest BCUT2D eigenvalue weighted by Crippen LogP contribution is -2.21. The van der Waals surface area contributed by atoms with E-state index in [0.717, 1.165) is 0 Å². The monoisotopic (exact) mass is 452 g/mol. The summed E-state index contributed by atoms with van der Waals surface area (Å²) in [6, 6.07) is 20.6. The van der Waals surface area contributed by atoms with Crippen molar-refractivity contribution in [3.63, 3.8) is 0 Å². The van der Waals surface area contributed by atoms with Crippen LogP contribution in [0.1, 0.15) is 43.9 Å². The van der Waals surface area contributed by atoms with E-state index in [1.807, 2.05) is 31.2 Å². The number of halogens is 1. The first-order valence-electron chi connectivity index (χ1n) is 10.8. The second-order valence-corrected chi connectivity index (χ2v) is 8.01. The van der Waals surface area contributed by atoms with Crippen molar-refractivity contribution in [2.75, 3.05) is 13.7 Å². The number of methoxy groups -OCH3 is 1. The summed E-state index contributed by atoms with van der Waals surface area (Å²) in [6.07, 6.45) is -1.13. The van der Waals surface area contributed by atoms with Crippen LogP contribution in [0.15, 0.2) is 72.8 Å². The molecule has 6 heteroatoms. The molecule has 0 fully saturated rings. The molecule has 174 valence electrons. The second-order valence-electron chi connectivity index (χ2n) is 8.01. The highest BCUT2D eigenvalue weighted by Gasteiger charge is 2.24. The number of carbonyl (C=O) groups excluding carboxylic acids is 1. The molecule has 0 aliphatic carbocycles. The van der Waals surface area contributed by atoms with Gasteiger partial charge in [0, 0.05) is 5.56 Å². The number of benzene rings is 3. The van der Waals surface area contributed by atoms with Gasteiger partial charge in [-0.05, 0) is 66.9 Å². The van der Waals surface area contributed by atoms with E-state index in [4.69, 9.17) is 18.9 Å². The van der Waals surface area contributed by atoms with E-state index >= 15 is 0 Å². The normalized spacial score (nSPS) is 12.7. The number of esters is 1. The Morgan fingerprint density at radius 1 is 0.758 bits per heavy atom. The van der Waals surface area contributed by atoms with Crippen LogP contribution in [0.25, 0.3) is 0 Å². The molecule has 0 aromatic heterocycles. The lowest BCUT2D eigenvalue weighted by atomic mass is 10.0. The minimum absolute atomic E-state index is 0.241. The summed E-state index contributed by atoms with van der Waals surface area (Å²) in [4.78, 5) is 12.4. The highest BCUT2D eigenvalue weighted by molar-refractivity contribution is 5.77. The standard InChI is InChI=1S/C27H29FO5/c1-18(2)20-5-13-25(14-6-20)33-26(27(29)30-4)21-7-11-23(12-8-21)31-17-19(3)32-24-15-9-22(28)10-16-24/h5-16,18-19,26H,17H2,1-4H3. The Morgan fingerprint density at radius 2 is 1.27 bits per heavy atom. The van der Waals surface area contributed by atoms with E-state index in [1.165, 1.54) is 24.8 Å². The Labute approximate surface area is 194 Å². The zero-order valence-corrected chi connectivity index (χ0v) is 19.3. The molecule has 0 saturated carbocycles. The summed E-state index contributed by atoms with van der Waals surface area (Å²) in [5, 5.41) is 0. The van der Waals surface area contributed by atoms with Crippen molar-refractivity contribution in [3.8, 4) is 17.2 Å². The van der Waals surface area contributed by atoms with Gasteiger partial charge in [-0.2, -0.15) is 0 Å². The number of ether oxygens (including phenoxy) is 4. The van der Waals surface area contributed by atoms with Crippen LogP contribution in [0.4, 0.5) is 4.39 Å². The van der Waals surface area contributed by atoms with Crippen LogP contribution in [-0.4, -0.2) is 25.8 Å². The summed E-state index contributed by atoms with van der Waals surface area (Å²) in [5.74, 6) is 1.39. The molecule has 0 amide bonds. The maximum atomic E-state index is 13.0. The molecule has 0 radical (unpaired) electrons. The molecule has 0 aliphatic heterocycles. The third-order valence-corrected chi connectivity index (χ3v) is 5.03. The van der Waals surface area contributed by atoms with Gasteiger partial charge in [-0.25, -0.2) is 9.18 Å². The minimum atomic E-state index is -0.894.